The summed E-state index contributed by atoms with van der Waals surface area (Å²) in [5.74, 6) is -0.980. The second kappa shape index (κ2) is 7.58. The van der Waals surface area contributed by atoms with Gasteiger partial charge in [0, 0.05) is 5.69 Å². The van der Waals surface area contributed by atoms with Crippen molar-refractivity contribution in [2.24, 2.45) is 0 Å². The predicted molar refractivity (Wildman–Crippen MR) is 105 cm³/mol. The molecule has 6 nitrogen and oxygen atoms in total. The predicted octanol–water partition coefficient (Wildman–Crippen LogP) is 4.10. The van der Waals surface area contributed by atoms with Crippen molar-refractivity contribution in [2.75, 3.05) is 16.8 Å². The van der Waals surface area contributed by atoms with Crippen LogP contribution in [0.1, 0.15) is 12.5 Å². The standard InChI is InChI=1S/C19H17Cl2N3O3/c1-11-6-8-13(9-7-11)24-12(2)18(26)23(19(24)27)10-16(25)22-15-5-3-4-14(20)17(15)21/h3-9,12H,10H2,1-2H3,(H,22,25)/t12-/m1/s1. The molecule has 0 unspecified atom stereocenters. The van der Waals surface area contributed by atoms with E-state index < -0.39 is 30.4 Å². The molecule has 1 heterocycles. The van der Waals surface area contributed by atoms with Crippen LogP contribution in [-0.2, 0) is 9.59 Å². The number of amides is 4. The highest BCUT2D eigenvalue weighted by Gasteiger charge is 2.44. The number of benzene rings is 2. The maximum Gasteiger partial charge on any atom is 0.332 e. The molecule has 0 bridgehead atoms. The van der Waals surface area contributed by atoms with Gasteiger partial charge in [-0.05, 0) is 38.1 Å². The fraction of sp³-hybridized carbons (Fsp3) is 0.211. The van der Waals surface area contributed by atoms with Crippen LogP contribution in [0.3, 0.4) is 0 Å². The van der Waals surface area contributed by atoms with E-state index in [1.54, 1.807) is 37.3 Å². The van der Waals surface area contributed by atoms with E-state index in [2.05, 4.69) is 5.32 Å². The molecule has 0 aliphatic carbocycles. The van der Waals surface area contributed by atoms with E-state index in [1.807, 2.05) is 19.1 Å². The van der Waals surface area contributed by atoms with Crippen LogP contribution in [0.4, 0.5) is 16.2 Å². The normalized spacial score (nSPS) is 16.8. The van der Waals surface area contributed by atoms with Crippen molar-refractivity contribution in [1.82, 2.24) is 4.90 Å². The molecule has 1 atom stereocenters. The number of carbonyl (C=O) groups is 3. The summed E-state index contributed by atoms with van der Waals surface area (Å²) in [7, 11) is 0. The van der Waals surface area contributed by atoms with Crippen LogP contribution in [0.5, 0.6) is 0 Å². The van der Waals surface area contributed by atoms with Crippen molar-refractivity contribution in [3.63, 3.8) is 0 Å². The van der Waals surface area contributed by atoms with Gasteiger partial charge in [0.2, 0.25) is 5.91 Å². The van der Waals surface area contributed by atoms with E-state index in [9.17, 15) is 14.4 Å². The number of anilines is 2. The van der Waals surface area contributed by atoms with Gasteiger partial charge in [0.1, 0.15) is 12.6 Å². The summed E-state index contributed by atoms with van der Waals surface area (Å²) in [6.07, 6.45) is 0. The summed E-state index contributed by atoms with van der Waals surface area (Å²) in [4.78, 5) is 39.9. The van der Waals surface area contributed by atoms with E-state index in [1.165, 1.54) is 4.90 Å². The molecule has 1 saturated heterocycles. The molecular formula is C19H17Cl2N3O3. The number of nitrogens with one attached hydrogen (secondary N) is 1. The third kappa shape index (κ3) is 3.77. The van der Waals surface area contributed by atoms with Crippen LogP contribution in [0, 0.1) is 6.92 Å². The van der Waals surface area contributed by atoms with Crippen LogP contribution in [0.25, 0.3) is 0 Å². The summed E-state index contributed by atoms with van der Waals surface area (Å²) in [6.45, 7) is 3.15. The summed E-state index contributed by atoms with van der Waals surface area (Å²) < 4.78 is 0. The maximum absolute atomic E-state index is 12.7. The lowest BCUT2D eigenvalue weighted by molar-refractivity contribution is -0.130. The summed E-state index contributed by atoms with van der Waals surface area (Å²) in [6, 6.07) is 10.8. The highest BCUT2D eigenvalue weighted by molar-refractivity contribution is 6.44. The van der Waals surface area contributed by atoms with E-state index >= 15 is 0 Å². The third-order valence-corrected chi connectivity index (χ3v) is 5.11. The molecule has 140 valence electrons. The van der Waals surface area contributed by atoms with Crippen LogP contribution >= 0.6 is 23.2 Å². The van der Waals surface area contributed by atoms with Gasteiger partial charge in [-0.3, -0.25) is 19.4 Å². The summed E-state index contributed by atoms with van der Waals surface area (Å²) >= 11 is 12.0. The van der Waals surface area contributed by atoms with E-state index in [0.29, 0.717) is 16.4 Å². The van der Waals surface area contributed by atoms with Crippen LogP contribution < -0.4 is 10.2 Å². The lowest BCUT2D eigenvalue weighted by atomic mass is 10.2. The lowest BCUT2D eigenvalue weighted by Crippen LogP contribution is -2.39. The van der Waals surface area contributed by atoms with E-state index in [4.69, 9.17) is 23.2 Å². The minimum atomic E-state index is -0.692. The molecule has 3 rings (SSSR count). The average Bonchev–Trinajstić information content (AvgIpc) is 2.83. The first-order valence-corrected chi connectivity index (χ1v) is 9.00. The van der Waals surface area contributed by atoms with Gasteiger partial charge in [-0.25, -0.2) is 4.79 Å². The Hall–Kier alpha value is -2.57. The van der Waals surface area contributed by atoms with Crippen molar-refractivity contribution in [3.05, 3.63) is 58.1 Å². The molecule has 2 aromatic carbocycles. The number of hydrogen-bond acceptors (Lipinski definition) is 3. The van der Waals surface area contributed by atoms with Gasteiger partial charge in [0.05, 0.1) is 15.7 Å². The number of nitrogens with zero attached hydrogens (tertiary/aromatic N) is 2. The molecule has 0 radical (unpaired) electrons. The SMILES string of the molecule is Cc1ccc(N2C(=O)N(CC(=O)Nc3cccc(Cl)c3Cl)C(=O)[C@H]2C)cc1. The summed E-state index contributed by atoms with van der Waals surface area (Å²) in [5, 5.41) is 3.07. The highest BCUT2D eigenvalue weighted by atomic mass is 35.5. The van der Waals surface area contributed by atoms with Gasteiger partial charge in [0.15, 0.2) is 0 Å². The van der Waals surface area contributed by atoms with E-state index in [-0.39, 0.29) is 5.02 Å². The van der Waals surface area contributed by atoms with Gasteiger partial charge >= 0.3 is 6.03 Å². The number of imide groups is 1. The van der Waals surface area contributed by atoms with Crippen LogP contribution in [0.2, 0.25) is 10.0 Å². The third-order valence-electron chi connectivity index (χ3n) is 4.29. The van der Waals surface area contributed by atoms with Crippen LogP contribution in [-0.4, -0.2) is 35.3 Å². The Kier molecular flexibility index (Phi) is 5.39. The first-order chi connectivity index (χ1) is 12.8. The second-order valence-corrected chi connectivity index (χ2v) is 7.02. The smallest absolute Gasteiger partial charge is 0.323 e. The molecule has 1 fully saturated rings. The second-order valence-electron chi connectivity index (χ2n) is 6.24. The molecule has 1 N–H and O–H groups in total. The van der Waals surface area contributed by atoms with Gasteiger partial charge in [-0.1, -0.05) is 47.0 Å². The number of aryl methyl sites for hydroxylation is 1. The zero-order valence-corrected chi connectivity index (χ0v) is 16.2. The fourth-order valence-electron chi connectivity index (χ4n) is 2.84. The Labute approximate surface area is 166 Å². The largest absolute Gasteiger partial charge is 0.332 e. The number of rotatable bonds is 4. The maximum atomic E-state index is 12.7. The van der Waals surface area contributed by atoms with Crippen molar-refractivity contribution >= 4 is 52.4 Å². The molecule has 0 aromatic heterocycles. The molecule has 0 spiro atoms. The van der Waals surface area contributed by atoms with Gasteiger partial charge < -0.3 is 5.32 Å². The Morgan fingerprint density at radius 3 is 2.44 bits per heavy atom. The number of carbonyl (C=O) groups excluding carboxylic acids is 3. The minimum Gasteiger partial charge on any atom is -0.323 e. The minimum absolute atomic E-state index is 0.196. The van der Waals surface area contributed by atoms with Gasteiger partial charge in [-0.15, -0.1) is 0 Å². The van der Waals surface area contributed by atoms with Crippen molar-refractivity contribution in [2.45, 2.75) is 19.9 Å². The monoisotopic (exact) mass is 405 g/mol. The Morgan fingerprint density at radius 1 is 1.11 bits per heavy atom. The zero-order chi connectivity index (χ0) is 19.7. The molecule has 1 aliphatic rings. The first kappa shape index (κ1) is 19.2. The molecular weight excluding hydrogens is 389 g/mol. The molecule has 0 saturated carbocycles. The Morgan fingerprint density at radius 2 is 1.78 bits per heavy atom. The van der Waals surface area contributed by atoms with Crippen LogP contribution in [0.15, 0.2) is 42.5 Å². The zero-order valence-electron chi connectivity index (χ0n) is 14.7. The average molecular weight is 406 g/mol. The van der Waals surface area contributed by atoms with Gasteiger partial charge in [-0.2, -0.15) is 0 Å². The number of halogens is 2. The van der Waals surface area contributed by atoms with Gasteiger partial charge in [0.25, 0.3) is 5.91 Å². The topological polar surface area (TPSA) is 69.7 Å². The highest BCUT2D eigenvalue weighted by Crippen LogP contribution is 2.30. The van der Waals surface area contributed by atoms with Crippen molar-refractivity contribution in [3.8, 4) is 0 Å². The molecule has 27 heavy (non-hydrogen) atoms. The fourth-order valence-corrected chi connectivity index (χ4v) is 3.19. The molecule has 1 aliphatic heterocycles. The number of urea groups is 1. The Bertz CT molecular complexity index is 915. The molecule has 2 aromatic rings. The molecule has 8 heteroatoms. The number of hydrogen-bond donors (Lipinski definition) is 1. The van der Waals surface area contributed by atoms with Crippen molar-refractivity contribution in [1.29, 1.82) is 0 Å². The molecule has 4 amide bonds. The summed E-state index contributed by atoms with van der Waals surface area (Å²) in [5.41, 5.74) is 1.96. The Balaban J connectivity index is 1.75. The first-order valence-electron chi connectivity index (χ1n) is 8.24. The van der Waals surface area contributed by atoms with E-state index in [0.717, 1.165) is 10.5 Å². The lowest BCUT2D eigenvalue weighted by Gasteiger charge is -2.19. The van der Waals surface area contributed by atoms with Crippen molar-refractivity contribution < 1.29 is 14.4 Å². The quantitative estimate of drug-likeness (QED) is 0.778.